The maximum Gasteiger partial charge on any atom is 0.137 e. The van der Waals surface area contributed by atoms with Crippen LogP contribution in [0.3, 0.4) is 0 Å². The first-order valence-corrected chi connectivity index (χ1v) is 6.26. The van der Waals surface area contributed by atoms with Crippen LogP contribution in [0.25, 0.3) is 0 Å². The van der Waals surface area contributed by atoms with Crippen LogP contribution in [0.5, 0.6) is 5.75 Å². The summed E-state index contributed by atoms with van der Waals surface area (Å²) >= 11 is 5.03. The zero-order chi connectivity index (χ0) is 11.4. The maximum atomic E-state index is 8.88. The molecule has 0 aliphatic carbocycles. The van der Waals surface area contributed by atoms with E-state index in [1.807, 2.05) is 24.3 Å². The number of para-hydroxylation sites is 1. The van der Waals surface area contributed by atoms with Crippen molar-refractivity contribution >= 4 is 27.3 Å². The smallest absolute Gasteiger partial charge is 0.137 e. The van der Waals surface area contributed by atoms with Gasteiger partial charge < -0.3 is 4.74 Å². The van der Waals surface area contributed by atoms with Gasteiger partial charge in [-0.1, -0.05) is 12.1 Å². The fourth-order valence-corrected chi connectivity index (χ4v) is 2.66. The van der Waals surface area contributed by atoms with Crippen LogP contribution in [-0.2, 0) is 6.61 Å². The average Bonchev–Trinajstić information content (AvgIpc) is 2.73. The fraction of sp³-hybridized carbons (Fsp3) is 0.0833. The second-order valence-corrected chi connectivity index (χ2v) is 5.65. The van der Waals surface area contributed by atoms with Crippen LogP contribution in [0, 0.1) is 11.3 Å². The van der Waals surface area contributed by atoms with Gasteiger partial charge in [-0.15, -0.1) is 11.3 Å². The van der Waals surface area contributed by atoms with E-state index >= 15 is 0 Å². The van der Waals surface area contributed by atoms with E-state index in [1.165, 1.54) is 0 Å². The average molecular weight is 294 g/mol. The number of hydrogen-bond acceptors (Lipinski definition) is 3. The second kappa shape index (κ2) is 5.15. The first-order valence-electron chi connectivity index (χ1n) is 4.66. The van der Waals surface area contributed by atoms with Crippen molar-refractivity contribution in [3.8, 4) is 11.8 Å². The van der Waals surface area contributed by atoms with Crippen molar-refractivity contribution in [1.82, 2.24) is 0 Å². The predicted molar refractivity (Wildman–Crippen MR) is 67.5 cm³/mol. The zero-order valence-corrected chi connectivity index (χ0v) is 10.7. The third-order valence-corrected chi connectivity index (χ3v) is 3.60. The lowest BCUT2D eigenvalue weighted by Gasteiger charge is -2.05. The number of thiophene rings is 1. The molecule has 0 atom stereocenters. The summed E-state index contributed by atoms with van der Waals surface area (Å²) in [6.45, 7) is 0.495. The van der Waals surface area contributed by atoms with Gasteiger partial charge in [0.2, 0.25) is 0 Å². The zero-order valence-electron chi connectivity index (χ0n) is 8.31. The van der Waals surface area contributed by atoms with E-state index < -0.39 is 0 Å². The quantitative estimate of drug-likeness (QED) is 0.858. The van der Waals surface area contributed by atoms with E-state index in [0.717, 1.165) is 8.66 Å². The molecule has 0 amide bonds. The van der Waals surface area contributed by atoms with Crippen molar-refractivity contribution in [1.29, 1.82) is 5.26 Å². The molecule has 0 unspecified atom stereocenters. The fourth-order valence-electron chi connectivity index (χ4n) is 1.26. The molecule has 1 aromatic carbocycles. The Labute approximate surface area is 106 Å². The van der Waals surface area contributed by atoms with E-state index in [0.29, 0.717) is 17.9 Å². The van der Waals surface area contributed by atoms with E-state index in [-0.39, 0.29) is 0 Å². The summed E-state index contributed by atoms with van der Waals surface area (Å²) in [5.41, 5.74) is 0.568. The molecule has 0 fully saturated rings. The van der Waals surface area contributed by atoms with Crippen LogP contribution >= 0.6 is 27.3 Å². The first-order chi connectivity index (χ1) is 7.79. The Morgan fingerprint density at radius 2 is 2.06 bits per heavy atom. The molecule has 0 aliphatic rings. The van der Waals surface area contributed by atoms with Gasteiger partial charge in [-0.2, -0.15) is 5.26 Å². The molecule has 0 saturated heterocycles. The van der Waals surface area contributed by atoms with Crippen LogP contribution in [0.1, 0.15) is 10.4 Å². The number of halogens is 1. The van der Waals surface area contributed by atoms with Crippen LogP contribution in [0.2, 0.25) is 0 Å². The Kier molecular flexibility index (Phi) is 3.60. The molecule has 2 rings (SSSR count). The van der Waals surface area contributed by atoms with Gasteiger partial charge >= 0.3 is 0 Å². The minimum absolute atomic E-state index is 0.495. The Morgan fingerprint density at radius 1 is 1.25 bits per heavy atom. The lowest BCUT2D eigenvalue weighted by molar-refractivity contribution is 0.309. The van der Waals surface area contributed by atoms with E-state index in [4.69, 9.17) is 10.00 Å². The molecule has 4 heteroatoms. The van der Waals surface area contributed by atoms with Crippen LogP contribution in [0.15, 0.2) is 40.2 Å². The molecule has 1 aromatic heterocycles. The van der Waals surface area contributed by atoms with Crippen LogP contribution in [0.4, 0.5) is 0 Å². The van der Waals surface area contributed by atoms with Crippen molar-refractivity contribution in [2.75, 3.05) is 0 Å². The summed E-state index contributed by atoms with van der Waals surface area (Å²) in [7, 11) is 0. The van der Waals surface area contributed by atoms with Crippen molar-refractivity contribution in [3.05, 3.63) is 50.6 Å². The van der Waals surface area contributed by atoms with Gasteiger partial charge in [0.05, 0.1) is 9.35 Å². The topological polar surface area (TPSA) is 33.0 Å². The van der Waals surface area contributed by atoms with E-state index in [1.54, 1.807) is 23.5 Å². The van der Waals surface area contributed by atoms with Gasteiger partial charge in [-0.05, 0) is 40.2 Å². The van der Waals surface area contributed by atoms with E-state index in [9.17, 15) is 0 Å². The number of rotatable bonds is 3. The Hall–Kier alpha value is -1.31. The van der Waals surface area contributed by atoms with Crippen LogP contribution in [-0.4, -0.2) is 0 Å². The third kappa shape index (κ3) is 2.63. The number of nitriles is 1. The third-order valence-electron chi connectivity index (χ3n) is 2.01. The van der Waals surface area contributed by atoms with E-state index in [2.05, 4.69) is 22.0 Å². The molecule has 80 valence electrons. The first kappa shape index (κ1) is 11.2. The largest absolute Gasteiger partial charge is 0.487 e. The maximum absolute atomic E-state index is 8.88. The minimum atomic E-state index is 0.495. The Bertz CT molecular complexity index is 530. The summed E-state index contributed by atoms with van der Waals surface area (Å²) in [5, 5.41) is 8.88. The highest BCUT2D eigenvalue weighted by molar-refractivity contribution is 9.11. The van der Waals surface area contributed by atoms with Crippen molar-refractivity contribution in [3.63, 3.8) is 0 Å². The van der Waals surface area contributed by atoms with Gasteiger partial charge in [-0.3, -0.25) is 0 Å². The van der Waals surface area contributed by atoms with Gasteiger partial charge in [0.25, 0.3) is 0 Å². The Balaban J connectivity index is 2.08. The summed E-state index contributed by atoms with van der Waals surface area (Å²) in [6, 6.07) is 13.3. The molecule has 2 aromatic rings. The normalized spacial score (nSPS) is 9.75. The van der Waals surface area contributed by atoms with Gasteiger partial charge in [0.15, 0.2) is 0 Å². The molecule has 16 heavy (non-hydrogen) atoms. The number of ether oxygens (including phenoxy) is 1. The summed E-state index contributed by atoms with van der Waals surface area (Å²) in [5.74, 6) is 0.634. The van der Waals surface area contributed by atoms with Crippen LogP contribution < -0.4 is 4.74 Å². The molecular formula is C12H8BrNOS. The highest BCUT2D eigenvalue weighted by Crippen LogP contribution is 2.24. The lowest BCUT2D eigenvalue weighted by Crippen LogP contribution is -1.94. The van der Waals surface area contributed by atoms with Gasteiger partial charge in [0, 0.05) is 4.88 Å². The Morgan fingerprint density at radius 3 is 2.75 bits per heavy atom. The molecule has 0 saturated carbocycles. The number of benzene rings is 1. The summed E-state index contributed by atoms with van der Waals surface area (Å²) in [6.07, 6.45) is 0. The molecule has 0 radical (unpaired) electrons. The molecule has 0 spiro atoms. The second-order valence-electron chi connectivity index (χ2n) is 3.10. The molecular weight excluding hydrogens is 286 g/mol. The summed E-state index contributed by atoms with van der Waals surface area (Å²) < 4.78 is 6.68. The van der Waals surface area contributed by atoms with Crippen molar-refractivity contribution in [2.45, 2.75) is 6.61 Å². The van der Waals surface area contributed by atoms with Crippen molar-refractivity contribution in [2.24, 2.45) is 0 Å². The highest BCUT2D eigenvalue weighted by Gasteiger charge is 2.03. The molecule has 2 nitrogen and oxygen atoms in total. The SMILES string of the molecule is N#Cc1ccccc1OCc1ccc(Br)s1. The number of nitrogens with zero attached hydrogens (tertiary/aromatic N) is 1. The minimum Gasteiger partial charge on any atom is -0.487 e. The van der Waals surface area contributed by atoms with Gasteiger partial charge in [-0.25, -0.2) is 0 Å². The predicted octanol–water partition coefficient (Wildman–Crippen LogP) is 3.96. The highest BCUT2D eigenvalue weighted by atomic mass is 79.9. The monoisotopic (exact) mass is 293 g/mol. The lowest BCUT2D eigenvalue weighted by atomic mass is 10.2. The summed E-state index contributed by atoms with van der Waals surface area (Å²) in [4.78, 5) is 1.12. The molecule has 1 heterocycles. The standard InChI is InChI=1S/C12H8BrNOS/c13-12-6-5-10(16-12)8-15-11-4-2-1-3-9(11)7-14/h1-6H,8H2. The molecule has 0 bridgehead atoms. The number of hydrogen-bond donors (Lipinski definition) is 0. The molecule has 0 N–H and O–H groups in total. The molecule has 0 aliphatic heterocycles. The van der Waals surface area contributed by atoms with Gasteiger partial charge in [0.1, 0.15) is 18.4 Å². The van der Waals surface area contributed by atoms with Crippen molar-refractivity contribution < 1.29 is 4.74 Å².